The van der Waals surface area contributed by atoms with Crippen LogP contribution in [0.3, 0.4) is 0 Å². The third-order valence-electron chi connectivity index (χ3n) is 1.63. The Hall–Kier alpha value is -0.0900. The van der Waals surface area contributed by atoms with Crippen LogP contribution in [0.25, 0.3) is 0 Å². The van der Waals surface area contributed by atoms with Crippen molar-refractivity contribution in [1.29, 1.82) is 0 Å². The van der Waals surface area contributed by atoms with Gasteiger partial charge in [0.1, 0.15) is 0 Å². The molecule has 0 aromatic rings. The molecule has 0 aromatic heterocycles. The van der Waals surface area contributed by atoms with E-state index >= 15 is 0 Å². The average molecular weight is 162 g/mol. The summed E-state index contributed by atoms with van der Waals surface area (Å²) in [6.45, 7) is 1.64. The van der Waals surface area contributed by atoms with Crippen LogP contribution in [0.5, 0.6) is 0 Å². The normalized spacial score (nSPS) is 20.5. The van der Waals surface area contributed by atoms with E-state index in [4.69, 9.17) is 0 Å². The third-order valence-corrected chi connectivity index (χ3v) is 3.08. The van der Waals surface area contributed by atoms with E-state index in [1.807, 2.05) is 0 Å². The summed E-state index contributed by atoms with van der Waals surface area (Å²) in [4.78, 5) is 0. The molecular formula is C6H12NO2S. The van der Waals surface area contributed by atoms with Crippen molar-refractivity contribution in [2.45, 2.75) is 25.8 Å². The highest BCUT2D eigenvalue weighted by Crippen LogP contribution is 2.17. The molecule has 0 atom stereocenters. The van der Waals surface area contributed by atoms with Crippen molar-refractivity contribution < 1.29 is 8.42 Å². The lowest BCUT2D eigenvalue weighted by Gasteiger charge is -2.25. The van der Waals surface area contributed by atoms with Crippen molar-refractivity contribution in [1.82, 2.24) is 4.72 Å². The molecule has 59 valence electrons. The Morgan fingerprint density at radius 2 is 2.20 bits per heavy atom. The van der Waals surface area contributed by atoms with Gasteiger partial charge in [0.15, 0.2) is 0 Å². The van der Waals surface area contributed by atoms with E-state index in [0.29, 0.717) is 0 Å². The second-order valence-electron chi connectivity index (χ2n) is 2.48. The summed E-state index contributed by atoms with van der Waals surface area (Å²) in [6, 6.07) is 0.185. The number of sulfonamides is 1. The zero-order valence-corrected chi connectivity index (χ0v) is 6.82. The molecule has 0 amide bonds. The Kier molecular flexibility index (Phi) is 2.31. The monoisotopic (exact) mass is 162 g/mol. The van der Waals surface area contributed by atoms with Crippen molar-refractivity contribution in [3.63, 3.8) is 0 Å². The van der Waals surface area contributed by atoms with Crippen LogP contribution in [0.15, 0.2) is 0 Å². The standard InChI is InChI=1S/C6H12NO2S/c1-2-10(8,9)7-6-4-3-5-6/h3,6-7H,2,4-5H2,1H3. The molecule has 0 unspecified atom stereocenters. The van der Waals surface area contributed by atoms with Crippen molar-refractivity contribution >= 4 is 10.0 Å². The van der Waals surface area contributed by atoms with Crippen LogP contribution in [-0.4, -0.2) is 20.2 Å². The second kappa shape index (κ2) is 2.88. The zero-order chi connectivity index (χ0) is 7.61. The van der Waals surface area contributed by atoms with E-state index in [1.54, 1.807) is 6.92 Å². The Labute approximate surface area is 61.9 Å². The molecule has 1 rings (SSSR count). The number of nitrogens with one attached hydrogen (secondary N) is 1. The van der Waals surface area contributed by atoms with Gasteiger partial charge in [0.25, 0.3) is 0 Å². The average Bonchev–Trinajstić information content (AvgIpc) is 1.80. The molecular weight excluding hydrogens is 150 g/mol. The Bertz CT molecular complexity index is 194. The van der Waals surface area contributed by atoms with Gasteiger partial charge >= 0.3 is 0 Å². The molecule has 3 nitrogen and oxygen atoms in total. The summed E-state index contributed by atoms with van der Waals surface area (Å²) in [5.74, 6) is 0.184. The first-order valence-corrected chi connectivity index (χ1v) is 5.11. The molecule has 1 saturated carbocycles. The fourth-order valence-corrected chi connectivity index (χ4v) is 1.63. The Morgan fingerprint density at radius 1 is 1.60 bits per heavy atom. The maximum Gasteiger partial charge on any atom is 0.211 e. The summed E-state index contributed by atoms with van der Waals surface area (Å²) < 4.78 is 24.3. The van der Waals surface area contributed by atoms with Gasteiger partial charge in [0, 0.05) is 6.04 Å². The fourth-order valence-electron chi connectivity index (χ4n) is 0.767. The van der Waals surface area contributed by atoms with Gasteiger partial charge in [-0.1, -0.05) is 0 Å². The van der Waals surface area contributed by atoms with Crippen LogP contribution in [0, 0.1) is 6.42 Å². The molecule has 0 saturated heterocycles. The summed E-state index contributed by atoms with van der Waals surface area (Å²) >= 11 is 0. The van der Waals surface area contributed by atoms with Gasteiger partial charge in [-0.15, -0.1) is 0 Å². The van der Waals surface area contributed by atoms with Crippen molar-refractivity contribution in [3.05, 3.63) is 6.42 Å². The lowest BCUT2D eigenvalue weighted by molar-refractivity contribution is 0.475. The van der Waals surface area contributed by atoms with Gasteiger partial charge in [-0.2, -0.15) is 0 Å². The quantitative estimate of drug-likeness (QED) is 0.648. The molecule has 1 radical (unpaired) electrons. The maximum atomic E-state index is 10.9. The van der Waals surface area contributed by atoms with E-state index in [1.165, 1.54) is 0 Å². The van der Waals surface area contributed by atoms with Crippen molar-refractivity contribution in [2.75, 3.05) is 5.75 Å². The van der Waals surface area contributed by atoms with E-state index in [2.05, 4.69) is 11.1 Å². The van der Waals surface area contributed by atoms with Gasteiger partial charge in [-0.3, -0.25) is 0 Å². The zero-order valence-electron chi connectivity index (χ0n) is 6.00. The van der Waals surface area contributed by atoms with Gasteiger partial charge in [0.2, 0.25) is 10.0 Å². The first-order valence-electron chi connectivity index (χ1n) is 3.45. The van der Waals surface area contributed by atoms with Gasteiger partial charge < -0.3 is 0 Å². The fraction of sp³-hybridized carbons (Fsp3) is 0.833. The number of rotatable bonds is 3. The molecule has 1 fully saturated rings. The smallest absolute Gasteiger partial charge is 0.211 e. The largest absolute Gasteiger partial charge is 0.212 e. The molecule has 0 spiro atoms. The predicted molar refractivity (Wildman–Crippen MR) is 39.9 cm³/mol. The molecule has 0 aliphatic heterocycles. The predicted octanol–water partition coefficient (Wildman–Crippen LogP) is 0.292. The van der Waals surface area contributed by atoms with Crippen LogP contribution in [0.1, 0.15) is 19.8 Å². The second-order valence-corrected chi connectivity index (χ2v) is 4.52. The van der Waals surface area contributed by atoms with Crippen LogP contribution in [0.2, 0.25) is 0 Å². The SMILES string of the molecule is CCS(=O)(=O)NC1C[CH]C1. The van der Waals surface area contributed by atoms with E-state index in [0.717, 1.165) is 12.8 Å². The van der Waals surface area contributed by atoms with Crippen LogP contribution in [0.4, 0.5) is 0 Å². The first-order chi connectivity index (χ1) is 4.64. The minimum Gasteiger partial charge on any atom is -0.212 e. The number of hydrogen-bond donors (Lipinski definition) is 1. The topological polar surface area (TPSA) is 46.2 Å². The van der Waals surface area contributed by atoms with E-state index < -0.39 is 10.0 Å². The van der Waals surface area contributed by atoms with Crippen LogP contribution < -0.4 is 4.72 Å². The molecule has 1 N–H and O–H groups in total. The molecule has 0 heterocycles. The van der Waals surface area contributed by atoms with E-state index in [-0.39, 0.29) is 11.8 Å². The van der Waals surface area contributed by atoms with Gasteiger partial charge in [-0.05, 0) is 26.2 Å². The third kappa shape index (κ3) is 1.95. The van der Waals surface area contributed by atoms with Crippen molar-refractivity contribution in [2.24, 2.45) is 0 Å². The highest BCUT2D eigenvalue weighted by atomic mass is 32.2. The highest BCUT2D eigenvalue weighted by Gasteiger charge is 2.21. The van der Waals surface area contributed by atoms with Gasteiger partial charge in [0.05, 0.1) is 5.75 Å². The molecule has 0 bridgehead atoms. The molecule has 4 heteroatoms. The minimum absolute atomic E-state index is 0.184. The van der Waals surface area contributed by atoms with Crippen LogP contribution in [-0.2, 0) is 10.0 Å². The first kappa shape index (κ1) is 8.01. The Balaban J connectivity index is 2.36. The molecule has 1 aliphatic rings. The Morgan fingerprint density at radius 3 is 2.50 bits per heavy atom. The summed E-state index contributed by atoms with van der Waals surface area (Å²) in [5, 5.41) is 0. The van der Waals surface area contributed by atoms with Crippen LogP contribution >= 0.6 is 0 Å². The molecule has 10 heavy (non-hydrogen) atoms. The lowest BCUT2D eigenvalue weighted by atomic mass is 9.94. The van der Waals surface area contributed by atoms with E-state index in [9.17, 15) is 8.42 Å². The number of hydrogen-bond acceptors (Lipinski definition) is 2. The summed E-state index contributed by atoms with van der Waals surface area (Å²) in [7, 11) is -2.95. The lowest BCUT2D eigenvalue weighted by Crippen LogP contribution is -2.40. The maximum absolute atomic E-state index is 10.9. The highest BCUT2D eigenvalue weighted by molar-refractivity contribution is 7.89. The minimum atomic E-state index is -2.95. The molecule has 0 aromatic carbocycles. The van der Waals surface area contributed by atoms with Crippen molar-refractivity contribution in [3.8, 4) is 0 Å². The van der Waals surface area contributed by atoms with Gasteiger partial charge in [-0.25, -0.2) is 13.1 Å². The summed E-state index contributed by atoms with van der Waals surface area (Å²) in [6.07, 6.45) is 3.85. The molecule has 1 aliphatic carbocycles. The summed E-state index contributed by atoms with van der Waals surface area (Å²) in [5.41, 5.74) is 0.